The summed E-state index contributed by atoms with van der Waals surface area (Å²) in [5, 5.41) is 12.6. The minimum Gasteiger partial charge on any atom is -0.492 e. The second-order valence-corrected chi connectivity index (χ2v) is 6.99. The van der Waals surface area contributed by atoms with Gasteiger partial charge in [-0.2, -0.15) is 0 Å². The minimum atomic E-state index is -1.000. The van der Waals surface area contributed by atoms with Crippen LogP contribution in [-0.4, -0.2) is 34.2 Å². The van der Waals surface area contributed by atoms with Gasteiger partial charge in [0.25, 0.3) is 0 Å². The highest BCUT2D eigenvalue weighted by Gasteiger charge is 2.18. The molecular weight excluding hydrogens is 362 g/mol. The van der Waals surface area contributed by atoms with Crippen molar-refractivity contribution in [3.8, 4) is 16.3 Å². The number of hydrogen-bond donors (Lipinski definition) is 2. The molecule has 0 aliphatic rings. The van der Waals surface area contributed by atoms with Crippen molar-refractivity contribution in [2.45, 2.75) is 20.3 Å². The lowest BCUT2D eigenvalue weighted by atomic mass is 10.1. The SMILES string of the molecule is CCOc1cc(-c2cc(NCCc3ccccc3C)ncn2)sc1C(=O)O. The fourth-order valence-electron chi connectivity index (χ4n) is 2.72. The molecule has 0 radical (unpaired) electrons. The fraction of sp³-hybridized carbons (Fsp3) is 0.250. The number of carboxylic acids is 1. The van der Waals surface area contributed by atoms with E-state index in [2.05, 4.69) is 34.3 Å². The van der Waals surface area contributed by atoms with E-state index in [0.717, 1.165) is 29.2 Å². The molecule has 3 rings (SSSR count). The van der Waals surface area contributed by atoms with E-state index in [0.29, 0.717) is 23.9 Å². The van der Waals surface area contributed by atoms with Crippen molar-refractivity contribution >= 4 is 23.1 Å². The first kappa shape index (κ1) is 18.8. The van der Waals surface area contributed by atoms with Crippen molar-refractivity contribution in [2.75, 3.05) is 18.5 Å². The third-order valence-electron chi connectivity index (χ3n) is 4.07. The van der Waals surface area contributed by atoms with Crippen molar-refractivity contribution in [1.82, 2.24) is 9.97 Å². The Labute approximate surface area is 161 Å². The van der Waals surface area contributed by atoms with Crippen molar-refractivity contribution in [3.63, 3.8) is 0 Å². The van der Waals surface area contributed by atoms with E-state index >= 15 is 0 Å². The molecule has 0 unspecified atom stereocenters. The number of ether oxygens (including phenoxy) is 1. The van der Waals surface area contributed by atoms with Gasteiger partial charge in [0.1, 0.15) is 17.9 Å². The van der Waals surface area contributed by atoms with Gasteiger partial charge in [0, 0.05) is 18.7 Å². The van der Waals surface area contributed by atoms with Crippen LogP contribution in [0.3, 0.4) is 0 Å². The van der Waals surface area contributed by atoms with Gasteiger partial charge in [-0.3, -0.25) is 0 Å². The molecule has 0 atom stereocenters. The minimum absolute atomic E-state index is 0.180. The lowest BCUT2D eigenvalue weighted by Gasteiger charge is -2.08. The summed E-state index contributed by atoms with van der Waals surface area (Å²) >= 11 is 1.15. The number of aromatic carboxylic acids is 1. The van der Waals surface area contributed by atoms with Crippen LogP contribution in [0.15, 0.2) is 42.7 Å². The van der Waals surface area contributed by atoms with Crippen LogP contribution in [0.25, 0.3) is 10.6 Å². The fourth-order valence-corrected chi connectivity index (χ4v) is 3.62. The molecule has 27 heavy (non-hydrogen) atoms. The van der Waals surface area contributed by atoms with E-state index < -0.39 is 5.97 Å². The smallest absolute Gasteiger partial charge is 0.349 e. The van der Waals surface area contributed by atoms with Crippen molar-refractivity contribution in [3.05, 3.63) is 58.7 Å². The maximum Gasteiger partial charge on any atom is 0.349 e. The molecule has 1 aromatic carbocycles. The number of thiophene rings is 1. The summed E-state index contributed by atoms with van der Waals surface area (Å²) in [5.41, 5.74) is 3.23. The molecule has 0 saturated carbocycles. The van der Waals surface area contributed by atoms with Crippen molar-refractivity contribution in [1.29, 1.82) is 0 Å². The Morgan fingerprint density at radius 2 is 2.07 bits per heavy atom. The third kappa shape index (κ3) is 4.62. The number of anilines is 1. The van der Waals surface area contributed by atoms with Crippen LogP contribution in [0.5, 0.6) is 5.75 Å². The Morgan fingerprint density at radius 3 is 2.81 bits per heavy atom. The van der Waals surface area contributed by atoms with Crippen LogP contribution in [0.4, 0.5) is 5.82 Å². The number of aryl methyl sites for hydroxylation is 1. The van der Waals surface area contributed by atoms with Gasteiger partial charge in [0.15, 0.2) is 4.88 Å². The molecule has 0 amide bonds. The molecule has 0 aliphatic heterocycles. The van der Waals surface area contributed by atoms with E-state index in [9.17, 15) is 9.90 Å². The number of carboxylic acid groups (broad SMARTS) is 1. The quantitative estimate of drug-likeness (QED) is 0.604. The van der Waals surface area contributed by atoms with Gasteiger partial charge in [-0.1, -0.05) is 24.3 Å². The molecule has 6 nitrogen and oxygen atoms in total. The third-order valence-corrected chi connectivity index (χ3v) is 5.20. The summed E-state index contributed by atoms with van der Waals surface area (Å²) in [6.07, 6.45) is 2.37. The van der Waals surface area contributed by atoms with Gasteiger partial charge >= 0.3 is 5.97 Å². The topological polar surface area (TPSA) is 84.3 Å². The molecule has 0 saturated heterocycles. The second-order valence-electron chi connectivity index (χ2n) is 5.93. The standard InChI is InChI=1S/C20H21N3O3S/c1-3-26-16-11-17(27-19(16)20(24)25)15-10-18(23-12-22-15)21-9-8-14-7-5-4-6-13(14)2/h4-7,10-12H,3,8-9H2,1-2H3,(H,24,25)(H,21,22,23). The lowest BCUT2D eigenvalue weighted by Crippen LogP contribution is -2.07. The molecule has 3 aromatic rings. The van der Waals surface area contributed by atoms with Gasteiger partial charge < -0.3 is 15.2 Å². The average Bonchev–Trinajstić information content (AvgIpc) is 3.08. The van der Waals surface area contributed by atoms with Crippen LogP contribution < -0.4 is 10.1 Å². The zero-order chi connectivity index (χ0) is 19.2. The Morgan fingerprint density at radius 1 is 1.26 bits per heavy atom. The molecule has 2 N–H and O–H groups in total. The van der Waals surface area contributed by atoms with Gasteiger partial charge in [-0.15, -0.1) is 11.3 Å². The van der Waals surface area contributed by atoms with E-state index in [1.54, 1.807) is 6.07 Å². The molecule has 2 aromatic heterocycles. The summed E-state index contributed by atoms with van der Waals surface area (Å²) in [5.74, 6) is 0.0785. The Bertz CT molecular complexity index is 940. The normalized spacial score (nSPS) is 10.6. The van der Waals surface area contributed by atoms with E-state index in [-0.39, 0.29) is 4.88 Å². The average molecular weight is 383 g/mol. The molecule has 2 heterocycles. The van der Waals surface area contributed by atoms with Crippen LogP contribution in [0.1, 0.15) is 27.7 Å². The molecular formula is C20H21N3O3S. The number of aromatic nitrogens is 2. The molecule has 140 valence electrons. The Balaban J connectivity index is 1.73. The van der Waals surface area contributed by atoms with Crippen LogP contribution >= 0.6 is 11.3 Å². The summed E-state index contributed by atoms with van der Waals surface area (Å²) in [6.45, 7) is 5.08. The number of nitrogens with one attached hydrogen (secondary N) is 1. The Hall–Kier alpha value is -2.93. The molecule has 0 bridgehead atoms. The summed E-state index contributed by atoms with van der Waals surface area (Å²) in [6, 6.07) is 11.8. The number of carbonyl (C=O) groups is 1. The van der Waals surface area contributed by atoms with E-state index in [1.165, 1.54) is 17.5 Å². The van der Waals surface area contributed by atoms with Gasteiger partial charge in [-0.25, -0.2) is 14.8 Å². The first-order chi connectivity index (χ1) is 13.1. The summed E-state index contributed by atoms with van der Waals surface area (Å²) < 4.78 is 5.43. The monoisotopic (exact) mass is 383 g/mol. The van der Waals surface area contributed by atoms with Gasteiger partial charge in [-0.05, 0) is 31.4 Å². The van der Waals surface area contributed by atoms with E-state index in [4.69, 9.17) is 4.74 Å². The molecule has 0 spiro atoms. The largest absolute Gasteiger partial charge is 0.492 e. The van der Waals surface area contributed by atoms with Crippen LogP contribution in [0.2, 0.25) is 0 Å². The first-order valence-electron chi connectivity index (χ1n) is 8.69. The zero-order valence-corrected chi connectivity index (χ0v) is 16.0. The zero-order valence-electron chi connectivity index (χ0n) is 15.2. The van der Waals surface area contributed by atoms with Gasteiger partial charge in [0.05, 0.1) is 17.2 Å². The highest BCUT2D eigenvalue weighted by molar-refractivity contribution is 7.17. The highest BCUT2D eigenvalue weighted by Crippen LogP contribution is 2.36. The molecule has 0 fully saturated rings. The number of rotatable bonds is 8. The predicted molar refractivity (Wildman–Crippen MR) is 107 cm³/mol. The van der Waals surface area contributed by atoms with Crippen LogP contribution in [0, 0.1) is 6.92 Å². The molecule has 0 aliphatic carbocycles. The maximum atomic E-state index is 11.4. The predicted octanol–water partition coefficient (Wildman–Crippen LogP) is 4.27. The van der Waals surface area contributed by atoms with E-state index in [1.807, 2.05) is 25.1 Å². The summed E-state index contributed by atoms with van der Waals surface area (Å²) in [7, 11) is 0. The molecule has 7 heteroatoms. The van der Waals surface area contributed by atoms with Crippen molar-refractivity contribution in [2.24, 2.45) is 0 Å². The number of hydrogen-bond acceptors (Lipinski definition) is 6. The van der Waals surface area contributed by atoms with Crippen molar-refractivity contribution < 1.29 is 14.6 Å². The summed E-state index contributed by atoms with van der Waals surface area (Å²) in [4.78, 5) is 20.8. The highest BCUT2D eigenvalue weighted by atomic mass is 32.1. The number of benzene rings is 1. The maximum absolute atomic E-state index is 11.4. The van der Waals surface area contributed by atoms with Gasteiger partial charge in [0.2, 0.25) is 0 Å². The number of nitrogens with zero attached hydrogens (tertiary/aromatic N) is 2. The lowest BCUT2D eigenvalue weighted by molar-refractivity contribution is 0.0698. The second kappa shape index (κ2) is 8.64. The Kier molecular flexibility index (Phi) is 6.03. The first-order valence-corrected chi connectivity index (χ1v) is 9.51. The van der Waals surface area contributed by atoms with Crippen LogP contribution in [-0.2, 0) is 6.42 Å².